The van der Waals surface area contributed by atoms with Gasteiger partial charge in [0.2, 0.25) is 10.0 Å². The molecule has 1 amide bonds. The van der Waals surface area contributed by atoms with Crippen molar-refractivity contribution in [1.29, 1.82) is 0 Å². The van der Waals surface area contributed by atoms with Crippen molar-refractivity contribution in [3.63, 3.8) is 0 Å². The van der Waals surface area contributed by atoms with Gasteiger partial charge in [0.1, 0.15) is 25.8 Å². The zero-order chi connectivity index (χ0) is 21.5. The molecule has 0 aliphatic carbocycles. The molecule has 2 aliphatic rings. The maximum absolute atomic E-state index is 12.9. The number of amides is 1. The van der Waals surface area contributed by atoms with Crippen LogP contribution in [0.2, 0.25) is 0 Å². The summed E-state index contributed by atoms with van der Waals surface area (Å²) in [6.07, 6.45) is 2.09. The van der Waals surface area contributed by atoms with E-state index in [1.54, 1.807) is 16.7 Å². The molecule has 2 aromatic rings. The minimum atomic E-state index is -3.52. The number of carbonyl (C=O) groups is 2. The van der Waals surface area contributed by atoms with Crippen molar-refractivity contribution in [3.05, 3.63) is 16.9 Å². The van der Waals surface area contributed by atoms with E-state index in [0.717, 1.165) is 11.0 Å². The molecule has 2 aliphatic heterocycles. The van der Waals surface area contributed by atoms with Gasteiger partial charge in [-0.15, -0.1) is 0 Å². The first-order valence-corrected chi connectivity index (χ1v) is 12.0. The van der Waals surface area contributed by atoms with Crippen molar-refractivity contribution in [2.75, 3.05) is 33.1 Å². The van der Waals surface area contributed by atoms with Crippen LogP contribution in [0.3, 0.4) is 0 Å². The van der Waals surface area contributed by atoms with Crippen LogP contribution >= 0.6 is 11.3 Å². The summed E-state index contributed by atoms with van der Waals surface area (Å²) in [5.74, 6) is 0.0664. The van der Waals surface area contributed by atoms with Crippen molar-refractivity contribution in [2.45, 2.75) is 25.4 Å². The maximum Gasteiger partial charge on any atom is 0.325 e. The number of methoxy groups -OCH3 is 1. The molecule has 0 spiro atoms. The van der Waals surface area contributed by atoms with Crippen LogP contribution < -0.4 is 14.3 Å². The number of ether oxygens (including phenoxy) is 3. The number of nitrogens with zero attached hydrogens (tertiary/aromatic N) is 3. The van der Waals surface area contributed by atoms with E-state index in [0.29, 0.717) is 49.6 Å². The highest BCUT2D eigenvalue weighted by Crippen LogP contribution is 2.35. The number of benzene rings is 1. The van der Waals surface area contributed by atoms with Crippen molar-refractivity contribution in [2.24, 2.45) is 4.99 Å². The molecule has 1 atom stereocenters. The monoisotopic (exact) mass is 455 g/mol. The minimum absolute atomic E-state index is 0.150. The predicted octanol–water partition coefficient (Wildman–Crippen LogP) is 0.498. The summed E-state index contributed by atoms with van der Waals surface area (Å²) in [4.78, 5) is 29.3. The smallest absolute Gasteiger partial charge is 0.325 e. The van der Waals surface area contributed by atoms with Crippen LogP contribution in [0.5, 0.6) is 11.5 Å². The highest BCUT2D eigenvalue weighted by molar-refractivity contribution is 7.88. The third kappa shape index (κ3) is 3.94. The Morgan fingerprint density at radius 3 is 2.63 bits per heavy atom. The molecule has 3 heterocycles. The molecule has 0 saturated carbocycles. The van der Waals surface area contributed by atoms with Gasteiger partial charge in [-0.05, 0) is 12.8 Å². The molecule has 0 bridgehead atoms. The Bertz CT molecular complexity index is 1180. The molecule has 1 fully saturated rings. The lowest BCUT2D eigenvalue weighted by molar-refractivity contribution is -0.141. The van der Waals surface area contributed by atoms with Gasteiger partial charge >= 0.3 is 5.97 Å². The van der Waals surface area contributed by atoms with Crippen molar-refractivity contribution < 1.29 is 32.2 Å². The fourth-order valence-electron chi connectivity index (χ4n) is 3.59. The highest BCUT2D eigenvalue weighted by atomic mass is 32.2. The Morgan fingerprint density at radius 1 is 1.27 bits per heavy atom. The molecule has 0 radical (unpaired) electrons. The molecule has 12 heteroatoms. The molecular weight excluding hydrogens is 434 g/mol. The number of thiazole rings is 1. The van der Waals surface area contributed by atoms with Gasteiger partial charge in [-0.1, -0.05) is 11.3 Å². The van der Waals surface area contributed by atoms with Crippen molar-refractivity contribution in [3.8, 4) is 11.5 Å². The van der Waals surface area contributed by atoms with E-state index in [-0.39, 0.29) is 11.3 Å². The molecule has 162 valence electrons. The zero-order valence-electron chi connectivity index (χ0n) is 16.5. The molecule has 0 N–H and O–H groups in total. The number of hydrogen-bond donors (Lipinski definition) is 0. The number of esters is 1. The molecule has 1 aromatic heterocycles. The van der Waals surface area contributed by atoms with Gasteiger partial charge in [-0.2, -0.15) is 9.30 Å². The van der Waals surface area contributed by atoms with E-state index in [9.17, 15) is 18.0 Å². The minimum Gasteiger partial charge on any atom is -0.486 e. The van der Waals surface area contributed by atoms with E-state index in [1.807, 2.05) is 0 Å². The summed E-state index contributed by atoms with van der Waals surface area (Å²) in [5.41, 5.74) is 0.646. The van der Waals surface area contributed by atoms with Crippen LogP contribution in [0, 0.1) is 0 Å². The summed E-state index contributed by atoms with van der Waals surface area (Å²) in [6, 6.07) is 2.69. The maximum atomic E-state index is 12.9. The highest BCUT2D eigenvalue weighted by Gasteiger charge is 2.36. The van der Waals surface area contributed by atoms with E-state index >= 15 is 0 Å². The second-order valence-electron chi connectivity index (χ2n) is 6.99. The SMILES string of the molecule is COC(=O)Cn1c(=NC(=O)C2CCCN2S(C)(=O)=O)sc2cc3c(cc21)OCCO3. The van der Waals surface area contributed by atoms with E-state index in [4.69, 9.17) is 14.2 Å². The van der Waals surface area contributed by atoms with E-state index in [1.165, 1.54) is 22.8 Å². The molecular formula is C18H21N3O7S2. The lowest BCUT2D eigenvalue weighted by atomic mass is 10.2. The van der Waals surface area contributed by atoms with Crippen molar-refractivity contribution in [1.82, 2.24) is 8.87 Å². The zero-order valence-corrected chi connectivity index (χ0v) is 18.1. The third-order valence-electron chi connectivity index (χ3n) is 4.98. The quantitative estimate of drug-likeness (QED) is 0.616. The molecule has 30 heavy (non-hydrogen) atoms. The van der Waals surface area contributed by atoms with Gasteiger partial charge < -0.3 is 18.8 Å². The normalized spacial score (nSPS) is 19.9. The standard InChI is InChI=1S/C18H21N3O7S2/c1-26-16(22)10-20-12-8-13-14(28-7-6-27-13)9-15(12)29-18(20)19-17(23)11-4-3-5-21(11)30(2,24)25/h8-9,11H,3-7,10H2,1-2H3. The van der Waals surface area contributed by atoms with Gasteiger partial charge in [-0.3, -0.25) is 9.59 Å². The van der Waals surface area contributed by atoms with Crippen LogP contribution in [0.4, 0.5) is 0 Å². The Kier molecular flexibility index (Phi) is 5.55. The topological polar surface area (TPSA) is 116 Å². The second-order valence-corrected chi connectivity index (χ2v) is 9.94. The third-order valence-corrected chi connectivity index (χ3v) is 7.31. The Labute approximate surface area is 176 Å². The fraction of sp³-hybridized carbons (Fsp3) is 0.500. The molecule has 1 saturated heterocycles. The number of rotatable bonds is 4. The molecule has 1 unspecified atom stereocenters. The second kappa shape index (κ2) is 8.00. The fourth-order valence-corrected chi connectivity index (χ4v) is 5.75. The first-order chi connectivity index (χ1) is 14.3. The summed E-state index contributed by atoms with van der Waals surface area (Å²) < 4.78 is 43.5. The molecule has 1 aromatic carbocycles. The van der Waals surface area contributed by atoms with E-state index < -0.39 is 27.9 Å². The van der Waals surface area contributed by atoms with Crippen molar-refractivity contribution >= 4 is 43.5 Å². The summed E-state index contributed by atoms with van der Waals surface area (Å²) in [6.45, 7) is 0.993. The molecule has 10 nitrogen and oxygen atoms in total. The van der Waals surface area contributed by atoms with Gasteiger partial charge in [0, 0.05) is 18.7 Å². The van der Waals surface area contributed by atoms with Crippen LogP contribution in [-0.2, 0) is 30.9 Å². The Hall–Kier alpha value is -2.44. The van der Waals surface area contributed by atoms with Crippen LogP contribution in [0.1, 0.15) is 12.8 Å². The van der Waals surface area contributed by atoms with E-state index in [2.05, 4.69) is 4.99 Å². The van der Waals surface area contributed by atoms with Gasteiger partial charge in [0.25, 0.3) is 5.91 Å². The average molecular weight is 456 g/mol. The number of aromatic nitrogens is 1. The largest absolute Gasteiger partial charge is 0.486 e. The summed E-state index contributed by atoms with van der Waals surface area (Å²) in [5, 5.41) is 0. The lowest BCUT2D eigenvalue weighted by Crippen LogP contribution is -2.40. The van der Waals surface area contributed by atoms with Crippen LogP contribution in [0.25, 0.3) is 10.2 Å². The molecule has 4 rings (SSSR count). The predicted molar refractivity (Wildman–Crippen MR) is 108 cm³/mol. The Balaban J connectivity index is 1.81. The van der Waals surface area contributed by atoms with Crippen LogP contribution in [0.15, 0.2) is 17.1 Å². The number of hydrogen-bond acceptors (Lipinski definition) is 8. The van der Waals surface area contributed by atoms with Gasteiger partial charge in [0.15, 0.2) is 16.3 Å². The first kappa shape index (κ1) is 20.8. The lowest BCUT2D eigenvalue weighted by Gasteiger charge is -2.18. The van der Waals surface area contributed by atoms with Gasteiger partial charge in [-0.25, -0.2) is 8.42 Å². The number of carbonyl (C=O) groups excluding carboxylic acids is 2. The average Bonchev–Trinajstić information content (AvgIpc) is 3.32. The van der Waals surface area contributed by atoms with Gasteiger partial charge in [0.05, 0.1) is 23.6 Å². The summed E-state index contributed by atoms with van der Waals surface area (Å²) >= 11 is 1.21. The first-order valence-electron chi connectivity index (χ1n) is 9.33. The number of fused-ring (bicyclic) bond motifs is 2. The summed E-state index contributed by atoms with van der Waals surface area (Å²) in [7, 11) is -2.24. The Morgan fingerprint density at radius 2 is 1.97 bits per heavy atom. The number of sulfonamides is 1. The van der Waals surface area contributed by atoms with Crippen LogP contribution in [-0.4, -0.2) is 68.3 Å².